The first-order chi connectivity index (χ1) is 6.14. The minimum atomic E-state index is -0.449. The molecule has 1 aromatic rings. The number of aliphatic hydroxyl groups is 1. The molecule has 0 aliphatic heterocycles. The van der Waals surface area contributed by atoms with Gasteiger partial charge in [0.25, 0.3) is 0 Å². The van der Waals surface area contributed by atoms with Gasteiger partial charge in [-0.1, -0.05) is 30.3 Å². The summed E-state index contributed by atoms with van der Waals surface area (Å²) >= 11 is 0. The summed E-state index contributed by atoms with van der Waals surface area (Å²) in [5, 5.41) is 8.95. The Morgan fingerprint density at radius 1 is 1.31 bits per heavy atom. The second kappa shape index (κ2) is 4.40. The van der Waals surface area contributed by atoms with Gasteiger partial charge in [-0.25, -0.2) is 0 Å². The highest BCUT2D eigenvalue weighted by molar-refractivity contribution is 5.15. The van der Waals surface area contributed by atoms with Crippen LogP contribution in [-0.2, 0) is 6.42 Å². The fourth-order valence-corrected chi connectivity index (χ4v) is 1.15. The monoisotopic (exact) mass is 179 g/mol. The minimum Gasteiger partial charge on any atom is -0.394 e. The fraction of sp³-hybridized carbons (Fsp3) is 0.455. The summed E-state index contributed by atoms with van der Waals surface area (Å²) in [6.07, 6.45) is 1.74. The minimum absolute atomic E-state index is 0.0415. The normalized spacial score (nSPS) is 15.3. The van der Waals surface area contributed by atoms with Gasteiger partial charge in [-0.2, -0.15) is 0 Å². The Morgan fingerprint density at radius 2 is 1.92 bits per heavy atom. The zero-order valence-electron chi connectivity index (χ0n) is 8.03. The summed E-state index contributed by atoms with van der Waals surface area (Å²) < 4.78 is 0. The van der Waals surface area contributed by atoms with Gasteiger partial charge in [-0.05, 0) is 25.3 Å². The van der Waals surface area contributed by atoms with E-state index in [2.05, 4.69) is 12.1 Å². The van der Waals surface area contributed by atoms with E-state index in [0.717, 1.165) is 12.8 Å². The number of benzene rings is 1. The van der Waals surface area contributed by atoms with E-state index in [1.165, 1.54) is 5.56 Å². The highest BCUT2D eigenvalue weighted by Crippen LogP contribution is 2.10. The summed E-state index contributed by atoms with van der Waals surface area (Å²) in [5.74, 6) is 0. The molecule has 72 valence electrons. The number of nitrogens with two attached hydrogens (primary N) is 1. The molecular formula is C11H17NO. The number of rotatable bonds is 4. The van der Waals surface area contributed by atoms with Crippen molar-refractivity contribution >= 4 is 0 Å². The first kappa shape index (κ1) is 10.2. The van der Waals surface area contributed by atoms with Crippen molar-refractivity contribution in [2.45, 2.75) is 25.3 Å². The van der Waals surface area contributed by atoms with Crippen molar-refractivity contribution in [1.29, 1.82) is 0 Å². The van der Waals surface area contributed by atoms with Crippen LogP contribution in [0.4, 0.5) is 0 Å². The van der Waals surface area contributed by atoms with Crippen molar-refractivity contribution in [3.05, 3.63) is 35.9 Å². The Bertz CT molecular complexity index is 244. The average molecular weight is 179 g/mol. The van der Waals surface area contributed by atoms with Crippen molar-refractivity contribution in [2.75, 3.05) is 6.61 Å². The van der Waals surface area contributed by atoms with Crippen LogP contribution in [0.3, 0.4) is 0 Å². The average Bonchev–Trinajstić information content (AvgIpc) is 2.17. The lowest BCUT2D eigenvalue weighted by atomic mass is 9.95. The SMILES string of the molecule is CC(N)(CO)CCc1ccccc1. The van der Waals surface area contributed by atoms with E-state index in [9.17, 15) is 0 Å². The fourth-order valence-electron chi connectivity index (χ4n) is 1.15. The van der Waals surface area contributed by atoms with Gasteiger partial charge in [0.1, 0.15) is 0 Å². The molecule has 0 heterocycles. The lowest BCUT2D eigenvalue weighted by molar-refractivity contribution is 0.200. The molecule has 0 aromatic heterocycles. The van der Waals surface area contributed by atoms with Gasteiger partial charge in [0.15, 0.2) is 0 Å². The third-order valence-electron chi connectivity index (χ3n) is 2.19. The van der Waals surface area contributed by atoms with Crippen molar-refractivity contribution in [3.63, 3.8) is 0 Å². The van der Waals surface area contributed by atoms with E-state index in [-0.39, 0.29) is 6.61 Å². The van der Waals surface area contributed by atoms with Gasteiger partial charge in [-0.3, -0.25) is 0 Å². The van der Waals surface area contributed by atoms with Crippen LogP contribution in [0.5, 0.6) is 0 Å². The molecule has 1 rings (SSSR count). The molecule has 1 atom stereocenters. The smallest absolute Gasteiger partial charge is 0.0608 e. The zero-order chi connectivity index (χ0) is 9.73. The Labute approximate surface area is 79.4 Å². The van der Waals surface area contributed by atoms with Crippen LogP contribution in [0, 0.1) is 0 Å². The summed E-state index contributed by atoms with van der Waals surface area (Å²) in [6, 6.07) is 10.2. The predicted molar refractivity (Wildman–Crippen MR) is 54.4 cm³/mol. The van der Waals surface area contributed by atoms with Gasteiger partial charge >= 0.3 is 0 Å². The Kier molecular flexibility index (Phi) is 3.46. The molecule has 0 spiro atoms. The quantitative estimate of drug-likeness (QED) is 0.732. The van der Waals surface area contributed by atoms with Gasteiger partial charge in [-0.15, -0.1) is 0 Å². The molecule has 0 amide bonds. The van der Waals surface area contributed by atoms with E-state index < -0.39 is 5.54 Å². The third kappa shape index (κ3) is 3.57. The maximum absolute atomic E-state index is 8.95. The highest BCUT2D eigenvalue weighted by Gasteiger charge is 2.15. The molecule has 1 aromatic carbocycles. The molecule has 2 nitrogen and oxygen atoms in total. The molecule has 0 fully saturated rings. The summed E-state index contributed by atoms with van der Waals surface area (Å²) in [4.78, 5) is 0. The van der Waals surface area contributed by atoms with Crippen LogP contribution < -0.4 is 5.73 Å². The van der Waals surface area contributed by atoms with Crippen molar-refractivity contribution in [1.82, 2.24) is 0 Å². The lowest BCUT2D eigenvalue weighted by Gasteiger charge is -2.21. The molecule has 1 unspecified atom stereocenters. The third-order valence-corrected chi connectivity index (χ3v) is 2.19. The highest BCUT2D eigenvalue weighted by atomic mass is 16.3. The predicted octanol–water partition coefficient (Wildman–Crippen LogP) is 1.33. The molecule has 3 N–H and O–H groups in total. The van der Waals surface area contributed by atoms with Gasteiger partial charge in [0.05, 0.1) is 6.61 Å². The molecule has 13 heavy (non-hydrogen) atoms. The number of hydrogen-bond donors (Lipinski definition) is 2. The Balaban J connectivity index is 2.44. The molecule has 0 aliphatic rings. The number of aryl methyl sites for hydroxylation is 1. The van der Waals surface area contributed by atoms with Crippen LogP contribution in [0.2, 0.25) is 0 Å². The van der Waals surface area contributed by atoms with Crippen LogP contribution >= 0.6 is 0 Å². The van der Waals surface area contributed by atoms with Crippen molar-refractivity contribution in [2.24, 2.45) is 5.73 Å². The van der Waals surface area contributed by atoms with Crippen LogP contribution in [-0.4, -0.2) is 17.3 Å². The second-order valence-corrected chi connectivity index (χ2v) is 3.80. The zero-order valence-corrected chi connectivity index (χ0v) is 8.03. The van der Waals surface area contributed by atoms with Gasteiger partial charge < -0.3 is 10.8 Å². The Hall–Kier alpha value is -0.860. The summed E-state index contributed by atoms with van der Waals surface area (Å²) in [7, 11) is 0. The van der Waals surface area contributed by atoms with E-state index >= 15 is 0 Å². The van der Waals surface area contributed by atoms with Crippen LogP contribution in [0.1, 0.15) is 18.9 Å². The maximum Gasteiger partial charge on any atom is 0.0608 e. The molecule has 0 saturated heterocycles. The number of aliphatic hydroxyl groups excluding tert-OH is 1. The lowest BCUT2D eigenvalue weighted by Crippen LogP contribution is -2.40. The van der Waals surface area contributed by atoms with Crippen LogP contribution in [0.15, 0.2) is 30.3 Å². The van der Waals surface area contributed by atoms with Gasteiger partial charge in [0.2, 0.25) is 0 Å². The van der Waals surface area contributed by atoms with Crippen LogP contribution in [0.25, 0.3) is 0 Å². The molecule has 2 heteroatoms. The first-order valence-electron chi connectivity index (χ1n) is 4.58. The van der Waals surface area contributed by atoms with Crippen molar-refractivity contribution in [3.8, 4) is 0 Å². The largest absolute Gasteiger partial charge is 0.394 e. The van der Waals surface area contributed by atoms with E-state index in [1.54, 1.807) is 0 Å². The maximum atomic E-state index is 8.95. The standard InChI is InChI=1S/C11H17NO/c1-11(12,9-13)8-7-10-5-3-2-4-6-10/h2-6,13H,7-9,12H2,1H3. The molecule has 0 bridgehead atoms. The second-order valence-electron chi connectivity index (χ2n) is 3.80. The molecule has 0 radical (unpaired) electrons. The van der Waals surface area contributed by atoms with Gasteiger partial charge in [0, 0.05) is 5.54 Å². The summed E-state index contributed by atoms with van der Waals surface area (Å²) in [6.45, 7) is 1.91. The topological polar surface area (TPSA) is 46.2 Å². The van der Waals surface area contributed by atoms with E-state index in [1.807, 2.05) is 25.1 Å². The summed E-state index contributed by atoms with van der Waals surface area (Å²) in [5.41, 5.74) is 6.64. The molecule has 0 saturated carbocycles. The van der Waals surface area contributed by atoms with E-state index in [4.69, 9.17) is 10.8 Å². The van der Waals surface area contributed by atoms with Crippen molar-refractivity contribution < 1.29 is 5.11 Å². The molecular weight excluding hydrogens is 162 g/mol. The Morgan fingerprint density at radius 3 is 2.46 bits per heavy atom. The van der Waals surface area contributed by atoms with E-state index in [0.29, 0.717) is 0 Å². The first-order valence-corrected chi connectivity index (χ1v) is 4.58. The molecule has 0 aliphatic carbocycles. The number of hydrogen-bond acceptors (Lipinski definition) is 2.